The first-order valence-electron chi connectivity index (χ1n) is 4.99. The van der Waals surface area contributed by atoms with Crippen molar-refractivity contribution in [2.24, 2.45) is 16.6 Å². The maximum Gasteiger partial charge on any atom is 0.104 e. The van der Waals surface area contributed by atoms with E-state index < -0.39 is 0 Å². The summed E-state index contributed by atoms with van der Waals surface area (Å²) in [5, 5.41) is 9.31. The normalized spacial score (nSPS) is 35.9. The van der Waals surface area contributed by atoms with Gasteiger partial charge in [-0.25, -0.2) is 0 Å². The molecule has 3 heteroatoms. The molecule has 2 rings (SSSR count). The fourth-order valence-corrected chi connectivity index (χ4v) is 2.38. The van der Waals surface area contributed by atoms with E-state index in [1.54, 1.807) is 6.26 Å². The summed E-state index contributed by atoms with van der Waals surface area (Å²) in [7, 11) is 0. The van der Waals surface area contributed by atoms with E-state index in [4.69, 9.17) is 10.2 Å². The summed E-state index contributed by atoms with van der Waals surface area (Å²) in [6.07, 6.45) is 3.55. The van der Waals surface area contributed by atoms with E-state index >= 15 is 0 Å². The van der Waals surface area contributed by atoms with Gasteiger partial charge >= 0.3 is 0 Å². The van der Waals surface area contributed by atoms with Gasteiger partial charge in [0.25, 0.3) is 0 Å². The zero-order valence-corrected chi connectivity index (χ0v) is 8.49. The highest BCUT2D eigenvalue weighted by Gasteiger charge is 2.62. The van der Waals surface area contributed by atoms with E-state index in [0.717, 1.165) is 18.6 Å². The third-order valence-corrected chi connectivity index (χ3v) is 3.72. The van der Waals surface area contributed by atoms with Gasteiger partial charge in [0.05, 0.1) is 12.9 Å². The zero-order valence-electron chi connectivity index (χ0n) is 8.49. The van der Waals surface area contributed by atoms with E-state index in [1.807, 2.05) is 12.1 Å². The highest BCUT2D eigenvalue weighted by molar-refractivity contribution is 5.17. The van der Waals surface area contributed by atoms with Gasteiger partial charge in [-0.15, -0.1) is 0 Å². The Bertz CT molecular complexity index is 303. The first kappa shape index (κ1) is 9.74. The molecule has 2 atom stereocenters. The molecular formula is C11H17NO2. The maximum atomic E-state index is 9.31. The minimum atomic E-state index is -0.0697. The Morgan fingerprint density at radius 2 is 2.43 bits per heavy atom. The van der Waals surface area contributed by atoms with Crippen molar-refractivity contribution in [3.63, 3.8) is 0 Å². The molecule has 3 nitrogen and oxygen atoms in total. The lowest BCUT2D eigenvalue weighted by Gasteiger charge is -2.17. The Hall–Kier alpha value is -0.800. The number of rotatable bonds is 4. The van der Waals surface area contributed by atoms with E-state index in [0.29, 0.717) is 6.54 Å². The molecule has 0 aliphatic heterocycles. The molecule has 1 aromatic rings. The minimum absolute atomic E-state index is 0.0697. The molecule has 0 bridgehead atoms. The molecule has 0 spiro atoms. The van der Waals surface area contributed by atoms with Crippen molar-refractivity contribution >= 4 is 0 Å². The number of hydrogen-bond acceptors (Lipinski definition) is 3. The van der Waals surface area contributed by atoms with Crippen LogP contribution in [0.5, 0.6) is 0 Å². The standard InChI is InChI=1S/C11H17NO2/c1-10(5-9-3-2-4-14-9)6-11(10,7-12)8-13/h2-4,13H,5-8,12H2,1H3. The van der Waals surface area contributed by atoms with Crippen molar-refractivity contribution in [3.8, 4) is 0 Å². The molecule has 1 aromatic heterocycles. The molecule has 1 saturated carbocycles. The van der Waals surface area contributed by atoms with Crippen molar-refractivity contribution < 1.29 is 9.52 Å². The van der Waals surface area contributed by atoms with Crippen LogP contribution in [0.25, 0.3) is 0 Å². The summed E-state index contributed by atoms with van der Waals surface area (Å²) in [4.78, 5) is 0. The van der Waals surface area contributed by atoms with Gasteiger partial charge in [0.1, 0.15) is 5.76 Å². The van der Waals surface area contributed by atoms with Crippen molar-refractivity contribution in [3.05, 3.63) is 24.2 Å². The number of aliphatic hydroxyl groups excluding tert-OH is 1. The number of aliphatic hydroxyl groups is 1. The van der Waals surface area contributed by atoms with Crippen molar-refractivity contribution in [2.75, 3.05) is 13.2 Å². The Kier molecular flexibility index (Phi) is 2.16. The van der Waals surface area contributed by atoms with Gasteiger partial charge in [0.2, 0.25) is 0 Å². The van der Waals surface area contributed by atoms with Crippen molar-refractivity contribution in [2.45, 2.75) is 19.8 Å². The van der Waals surface area contributed by atoms with Crippen LogP contribution in [-0.4, -0.2) is 18.3 Å². The predicted molar refractivity (Wildman–Crippen MR) is 53.7 cm³/mol. The average molecular weight is 195 g/mol. The van der Waals surface area contributed by atoms with Gasteiger partial charge in [-0.3, -0.25) is 0 Å². The molecule has 0 amide bonds. The van der Waals surface area contributed by atoms with E-state index in [-0.39, 0.29) is 17.4 Å². The van der Waals surface area contributed by atoms with Crippen LogP contribution in [0.4, 0.5) is 0 Å². The van der Waals surface area contributed by atoms with Crippen LogP contribution in [0.1, 0.15) is 19.1 Å². The Labute approximate surface area is 83.9 Å². The van der Waals surface area contributed by atoms with Crippen LogP contribution in [0.15, 0.2) is 22.8 Å². The minimum Gasteiger partial charge on any atom is -0.469 e. The average Bonchev–Trinajstić information content (AvgIpc) is 2.54. The fourth-order valence-electron chi connectivity index (χ4n) is 2.38. The molecule has 2 unspecified atom stereocenters. The molecule has 1 heterocycles. The lowest BCUT2D eigenvalue weighted by molar-refractivity contribution is 0.178. The first-order valence-corrected chi connectivity index (χ1v) is 4.99. The molecule has 0 aromatic carbocycles. The monoisotopic (exact) mass is 195 g/mol. The van der Waals surface area contributed by atoms with E-state index in [2.05, 4.69) is 6.92 Å². The van der Waals surface area contributed by atoms with Gasteiger partial charge in [-0.2, -0.15) is 0 Å². The first-order chi connectivity index (χ1) is 6.66. The van der Waals surface area contributed by atoms with Gasteiger partial charge in [-0.1, -0.05) is 6.92 Å². The number of hydrogen-bond donors (Lipinski definition) is 2. The van der Waals surface area contributed by atoms with Crippen LogP contribution in [0.3, 0.4) is 0 Å². The highest BCUT2D eigenvalue weighted by atomic mass is 16.3. The van der Waals surface area contributed by atoms with Crippen LogP contribution in [-0.2, 0) is 6.42 Å². The van der Waals surface area contributed by atoms with Gasteiger partial charge < -0.3 is 15.3 Å². The summed E-state index contributed by atoms with van der Waals surface area (Å²) in [6.45, 7) is 2.90. The number of furan rings is 1. The van der Waals surface area contributed by atoms with Gasteiger partial charge in [-0.05, 0) is 24.0 Å². The third kappa shape index (κ3) is 1.28. The second-order valence-electron chi connectivity index (χ2n) is 4.64. The molecule has 0 radical (unpaired) electrons. The Morgan fingerprint density at radius 1 is 1.64 bits per heavy atom. The second kappa shape index (κ2) is 3.11. The molecule has 3 N–H and O–H groups in total. The molecule has 78 valence electrons. The SMILES string of the molecule is CC1(Cc2ccco2)CC1(CN)CO. The fraction of sp³-hybridized carbons (Fsp3) is 0.636. The van der Waals surface area contributed by atoms with Crippen LogP contribution < -0.4 is 5.73 Å². The summed E-state index contributed by atoms with van der Waals surface area (Å²) >= 11 is 0. The van der Waals surface area contributed by atoms with Crippen LogP contribution in [0.2, 0.25) is 0 Å². The van der Waals surface area contributed by atoms with Crippen molar-refractivity contribution in [1.29, 1.82) is 0 Å². The second-order valence-corrected chi connectivity index (χ2v) is 4.64. The Balaban J connectivity index is 2.07. The third-order valence-electron chi connectivity index (χ3n) is 3.72. The van der Waals surface area contributed by atoms with Crippen LogP contribution >= 0.6 is 0 Å². The molecule has 0 saturated heterocycles. The van der Waals surface area contributed by atoms with Crippen LogP contribution in [0, 0.1) is 10.8 Å². The quantitative estimate of drug-likeness (QED) is 0.758. The van der Waals surface area contributed by atoms with E-state index in [1.165, 1.54) is 0 Å². The molecule has 14 heavy (non-hydrogen) atoms. The van der Waals surface area contributed by atoms with E-state index in [9.17, 15) is 5.11 Å². The largest absolute Gasteiger partial charge is 0.469 e. The smallest absolute Gasteiger partial charge is 0.104 e. The Morgan fingerprint density at radius 3 is 2.86 bits per heavy atom. The summed E-state index contributed by atoms with van der Waals surface area (Å²) in [5.74, 6) is 0.983. The zero-order chi connectivity index (χ0) is 10.2. The van der Waals surface area contributed by atoms with Gasteiger partial charge in [0.15, 0.2) is 0 Å². The maximum absolute atomic E-state index is 9.31. The number of nitrogens with two attached hydrogens (primary N) is 1. The molecule has 1 aliphatic carbocycles. The summed E-state index contributed by atoms with van der Waals surface area (Å²) < 4.78 is 5.31. The topological polar surface area (TPSA) is 59.4 Å². The molecule has 1 fully saturated rings. The predicted octanol–water partition coefficient (Wildman–Crippen LogP) is 1.17. The molecular weight excluding hydrogens is 178 g/mol. The lowest BCUT2D eigenvalue weighted by atomic mass is 9.91. The molecule has 1 aliphatic rings. The lowest BCUT2D eigenvalue weighted by Crippen LogP contribution is -2.26. The summed E-state index contributed by atoms with van der Waals surface area (Å²) in [6, 6.07) is 3.87. The summed E-state index contributed by atoms with van der Waals surface area (Å²) in [5.41, 5.74) is 5.74. The highest BCUT2D eigenvalue weighted by Crippen LogP contribution is 2.64. The van der Waals surface area contributed by atoms with Gasteiger partial charge in [0, 0.05) is 18.4 Å². The van der Waals surface area contributed by atoms with Crippen molar-refractivity contribution in [1.82, 2.24) is 0 Å².